The molecule has 25 heavy (non-hydrogen) atoms. The first kappa shape index (κ1) is 17.9. The molecule has 1 aliphatic rings. The second kappa shape index (κ2) is 8.43. The van der Waals surface area contributed by atoms with Gasteiger partial charge >= 0.3 is 0 Å². The van der Waals surface area contributed by atoms with Gasteiger partial charge in [0, 0.05) is 50.1 Å². The average Bonchev–Trinajstić information content (AvgIpc) is 3.18. The van der Waals surface area contributed by atoms with Gasteiger partial charge in [-0.25, -0.2) is 4.68 Å². The summed E-state index contributed by atoms with van der Waals surface area (Å²) >= 11 is 2.08. The van der Waals surface area contributed by atoms with Crippen LogP contribution in [-0.2, 0) is 6.54 Å². The van der Waals surface area contributed by atoms with Crippen LogP contribution in [-0.4, -0.2) is 51.8 Å². The quantitative estimate of drug-likeness (QED) is 0.675. The molecule has 2 heterocycles. The molecule has 0 spiro atoms. The minimum absolute atomic E-state index is 0.681. The molecule has 0 saturated carbocycles. The molecule has 1 unspecified atom stereocenters. The molecule has 1 aromatic carbocycles. The lowest BCUT2D eigenvalue weighted by molar-refractivity contribution is 0.380. The summed E-state index contributed by atoms with van der Waals surface area (Å²) in [5, 5.41) is 8.45. The van der Waals surface area contributed by atoms with Crippen molar-refractivity contribution in [2.45, 2.75) is 25.6 Å². The van der Waals surface area contributed by atoms with E-state index in [0.717, 1.165) is 31.3 Å². The Morgan fingerprint density at radius 1 is 1.36 bits per heavy atom. The first-order valence-corrected chi connectivity index (χ1v) is 9.88. The van der Waals surface area contributed by atoms with Crippen molar-refractivity contribution in [2.24, 2.45) is 10.9 Å². The van der Waals surface area contributed by atoms with Crippen molar-refractivity contribution in [3.63, 3.8) is 0 Å². The number of aliphatic imine (C=N–C) groups is 1. The summed E-state index contributed by atoms with van der Waals surface area (Å²) in [6.07, 6.45) is 3.75. The summed E-state index contributed by atoms with van der Waals surface area (Å²) in [5.74, 6) is 2.87. The average molecular weight is 358 g/mol. The summed E-state index contributed by atoms with van der Waals surface area (Å²) < 4.78 is 1.87. The molecule has 0 aliphatic carbocycles. The van der Waals surface area contributed by atoms with Crippen molar-refractivity contribution in [2.75, 3.05) is 25.9 Å². The molecule has 0 amide bonds. The van der Waals surface area contributed by atoms with Gasteiger partial charge in [-0.1, -0.05) is 26.0 Å². The van der Waals surface area contributed by atoms with E-state index in [2.05, 4.69) is 70.2 Å². The van der Waals surface area contributed by atoms with E-state index in [1.807, 2.05) is 24.0 Å². The zero-order chi connectivity index (χ0) is 17.6. The highest BCUT2D eigenvalue weighted by Crippen LogP contribution is 2.24. The second-order valence-electron chi connectivity index (χ2n) is 6.62. The predicted octanol–water partition coefficient (Wildman–Crippen LogP) is 3.02. The lowest BCUT2D eigenvalue weighted by Gasteiger charge is -2.36. The van der Waals surface area contributed by atoms with Crippen LogP contribution in [0.15, 0.2) is 47.7 Å². The van der Waals surface area contributed by atoms with Gasteiger partial charge in [0.05, 0.1) is 5.69 Å². The van der Waals surface area contributed by atoms with Crippen molar-refractivity contribution in [1.29, 1.82) is 0 Å². The third-order valence-electron chi connectivity index (χ3n) is 4.50. The molecule has 134 valence electrons. The Kier molecular flexibility index (Phi) is 6.02. The van der Waals surface area contributed by atoms with E-state index in [9.17, 15) is 0 Å². The smallest absolute Gasteiger partial charge is 0.193 e. The predicted molar refractivity (Wildman–Crippen MR) is 106 cm³/mol. The minimum Gasteiger partial charge on any atom is -0.352 e. The molecule has 1 N–H and O–H groups in total. The number of benzene rings is 1. The number of nitrogens with zero attached hydrogens (tertiary/aromatic N) is 4. The van der Waals surface area contributed by atoms with Crippen LogP contribution in [0.2, 0.25) is 0 Å². The van der Waals surface area contributed by atoms with Gasteiger partial charge in [-0.3, -0.25) is 4.99 Å². The summed E-state index contributed by atoms with van der Waals surface area (Å²) in [5.41, 5.74) is 2.31. The van der Waals surface area contributed by atoms with Crippen LogP contribution in [0.1, 0.15) is 19.4 Å². The highest BCUT2D eigenvalue weighted by Gasteiger charge is 2.24. The van der Waals surface area contributed by atoms with Crippen LogP contribution in [0.5, 0.6) is 0 Å². The Balaban J connectivity index is 1.58. The number of rotatable bonds is 4. The second-order valence-corrected chi connectivity index (χ2v) is 7.96. The number of hydrogen-bond acceptors (Lipinski definition) is 3. The van der Waals surface area contributed by atoms with Crippen molar-refractivity contribution < 1.29 is 0 Å². The molecule has 3 rings (SSSR count). The third-order valence-corrected chi connectivity index (χ3v) is 6.04. The molecule has 1 atom stereocenters. The van der Waals surface area contributed by atoms with Gasteiger partial charge in [0.2, 0.25) is 0 Å². The molecule has 1 aliphatic heterocycles. The number of thioether (sulfide) groups is 1. The lowest BCUT2D eigenvalue weighted by atomic mass is 10.1. The maximum atomic E-state index is 4.49. The topological polar surface area (TPSA) is 45.5 Å². The fourth-order valence-electron chi connectivity index (χ4n) is 2.97. The van der Waals surface area contributed by atoms with Crippen molar-refractivity contribution in [3.05, 3.63) is 48.3 Å². The molecule has 6 heteroatoms. The lowest BCUT2D eigenvalue weighted by Crippen LogP contribution is -2.48. The van der Waals surface area contributed by atoms with Crippen molar-refractivity contribution in [3.8, 4) is 5.69 Å². The number of aromatic nitrogens is 2. The van der Waals surface area contributed by atoms with Gasteiger partial charge in [-0.15, -0.1) is 0 Å². The van der Waals surface area contributed by atoms with Gasteiger partial charge in [0.15, 0.2) is 5.96 Å². The molecule has 0 radical (unpaired) electrons. The van der Waals surface area contributed by atoms with Gasteiger partial charge in [0.25, 0.3) is 0 Å². The van der Waals surface area contributed by atoms with Crippen LogP contribution in [0.4, 0.5) is 0 Å². The molecular formula is C19H27N5S. The molecule has 2 aromatic rings. The van der Waals surface area contributed by atoms with Gasteiger partial charge in [-0.2, -0.15) is 16.9 Å². The summed E-state index contributed by atoms with van der Waals surface area (Å²) in [6.45, 7) is 7.52. The van der Waals surface area contributed by atoms with E-state index in [0.29, 0.717) is 11.2 Å². The number of hydrogen-bond donors (Lipinski definition) is 1. The number of guanidine groups is 1. The fourth-order valence-corrected chi connectivity index (χ4v) is 4.27. The standard InChI is InChI=1S/C19H27N5S/c1-15(2)18-14-23(11-12-25-18)19(20-3)21-13-16-5-7-17(8-6-16)24-10-4-9-22-24/h4-10,15,18H,11-14H2,1-3H3,(H,20,21). The van der Waals surface area contributed by atoms with Crippen LogP contribution < -0.4 is 5.32 Å². The molecule has 1 saturated heterocycles. The van der Waals surface area contributed by atoms with Gasteiger partial charge in [-0.05, 0) is 29.7 Å². The number of nitrogens with one attached hydrogen (secondary N) is 1. The maximum absolute atomic E-state index is 4.49. The third kappa shape index (κ3) is 4.57. The highest BCUT2D eigenvalue weighted by molar-refractivity contribution is 8.00. The molecular weight excluding hydrogens is 330 g/mol. The van der Waals surface area contributed by atoms with Crippen LogP contribution >= 0.6 is 11.8 Å². The molecule has 5 nitrogen and oxygen atoms in total. The van der Waals surface area contributed by atoms with Crippen molar-refractivity contribution in [1.82, 2.24) is 20.0 Å². The maximum Gasteiger partial charge on any atom is 0.193 e. The Morgan fingerprint density at radius 3 is 2.80 bits per heavy atom. The van der Waals surface area contributed by atoms with Crippen LogP contribution in [0, 0.1) is 5.92 Å². The first-order chi connectivity index (χ1) is 12.2. The van der Waals surface area contributed by atoms with E-state index in [1.165, 1.54) is 11.3 Å². The van der Waals surface area contributed by atoms with E-state index in [4.69, 9.17) is 0 Å². The highest BCUT2D eigenvalue weighted by atomic mass is 32.2. The molecule has 0 bridgehead atoms. The normalized spacial score (nSPS) is 18.6. The fraction of sp³-hybridized carbons (Fsp3) is 0.474. The molecule has 1 aromatic heterocycles. The minimum atomic E-state index is 0.681. The van der Waals surface area contributed by atoms with Crippen LogP contribution in [0.3, 0.4) is 0 Å². The monoisotopic (exact) mass is 357 g/mol. The van der Waals surface area contributed by atoms with Crippen molar-refractivity contribution >= 4 is 17.7 Å². The van der Waals surface area contributed by atoms with Crippen LogP contribution in [0.25, 0.3) is 5.69 Å². The van der Waals surface area contributed by atoms with Gasteiger partial charge in [0.1, 0.15) is 0 Å². The summed E-state index contributed by atoms with van der Waals surface area (Å²) in [4.78, 5) is 6.88. The first-order valence-electron chi connectivity index (χ1n) is 8.83. The SMILES string of the molecule is CN=C(NCc1ccc(-n2cccn2)cc1)N1CCSC(C(C)C)C1. The van der Waals surface area contributed by atoms with E-state index in [1.54, 1.807) is 6.20 Å². The Bertz CT molecular complexity index is 678. The Hall–Kier alpha value is -1.95. The zero-order valence-electron chi connectivity index (χ0n) is 15.2. The van der Waals surface area contributed by atoms with E-state index in [-0.39, 0.29) is 0 Å². The largest absolute Gasteiger partial charge is 0.352 e. The zero-order valence-corrected chi connectivity index (χ0v) is 16.0. The van der Waals surface area contributed by atoms with E-state index >= 15 is 0 Å². The summed E-state index contributed by atoms with van der Waals surface area (Å²) in [7, 11) is 1.87. The Labute approximate surface area is 154 Å². The summed E-state index contributed by atoms with van der Waals surface area (Å²) in [6, 6.07) is 10.4. The molecule has 1 fully saturated rings. The van der Waals surface area contributed by atoms with E-state index < -0.39 is 0 Å². The Morgan fingerprint density at radius 2 is 2.16 bits per heavy atom. The van der Waals surface area contributed by atoms with Gasteiger partial charge < -0.3 is 10.2 Å².